The van der Waals surface area contributed by atoms with E-state index in [2.05, 4.69) is 44.4 Å². The van der Waals surface area contributed by atoms with Crippen LogP contribution in [-0.2, 0) is 4.74 Å². The zero-order valence-electron chi connectivity index (χ0n) is 7.98. The molecule has 1 aliphatic heterocycles. The standard InChI is InChI=1S/C9H12IN3O/c1-7-5-13(2-3-14-7)9-8(10)4-11-6-12-9/h4,6-7H,2-3,5H2,1H3/t7-/m0/s1. The number of morpholine rings is 1. The molecule has 0 radical (unpaired) electrons. The van der Waals surface area contributed by atoms with Crippen LogP contribution in [0.4, 0.5) is 5.82 Å². The molecule has 0 saturated carbocycles. The van der Waals surface area contributed by atoms with Gasteiger partial charge in [0.2, 0.25) is 0 Å². The number of ether oxygens (including phenoxy) is 1. The van der Waals surface area contributed by atoms with Crippen LogP contribution >= 0.6 is 22.6 Å². The highest BCUT2D eigenvalue weighted by Crippen LogP contribution is 2.20. The summed E-state index contributed by atoms with van der Waals surface area (Å²) in [5.41, 5.74) is 0. The molecule has 0 unspecified atom stereocenters. The van der Waals surface area contributed by atoms with Crippen LogP contribution < -0.4 is 4.90 Å². The molecule has 0 N–H and O–H groups in total. The van der Waals surface area contributed by atoms with Gasteiger partial charge in [-0.25, -0.2) is 9.97 Å². The molecule has 1 saturated heterocycles. The van der Waals surface area contributed by atoms with Crippen LogP contribution in [0, 0.1) is 3.57 Å². The molecule has 0 aromatic carbocycles. The third-order valence-corrected chi connectivity index (χ3v) is 2.95. The molecule has 0 amide bonds. The van der Waals surface area contributed by atoms with Gasteiger partial charge in [-0.3, -0.25) is 0 Å². The second-order valence-corrected chi connectivity index (χ2v) is 4.48. The number of aromatic nitrogens is 2. The summed E-state index contributed by atoms with van der Waals surface area (Å²) in [5, 5.41) is 0. The molecule has 5 heteroatoms. The predicted molar refractivity (Wildman–Crippen MR) is 62.4 cm³/mol. The highest BCUT2D eigenvalue weighted by Gasteiger charge is 2.19. The van der Waals surface area contributed by atoms with Gasteiger partial charge in [-0.1, -0.05) is 0 Å². The lowest BCUT2D eigenvalue weighted by molar-refractivity contribution is 0.0529. The Morgan fingerprint density at radius 3 is 3.21 bits per heavy atom. The van der Waals surface area contributed by atoms with Crippen LogP contribution in [0.25, 0.3) is 0 Å². The average molecular weight is 305 g/mol. The molecular formula is C9H12IN3O. The summed E-state index contributed by atoms with van der Waals surface area (Å²) in [7, 11) is 0. The van der Waals surface area contributed by atoms with Crippen LogP contribution in [0.15, 0.2) is 12.5 Å². The van der Waals surface area contributed by atoms with Crippen molar-refractivity contribution in [1.82, 2.24) is 9.97 Å². The first-order chi connectivity index (χ1) is 6.77. The Kier molecular flexibility index (Phi) is 3.17. The Morgan fingerprint density at radius 1 is 1.64 bits per heavy atom. The van der Waals surface area contributed by atoms with E-state index in [1.54, 1.807) is 6.33 Å². The fraction of sp³-hybridized carbons (Fsp3) is 0.556. The van der Waals surface area contributed by atoms with Gasteiger partial charge >= 0.3 is 0 Å². The first-order valence-corrected chi connectivity index (χ1v) is 5.67. The van der Waals surface area contributed by atoms with Gasteiger partial charge in [0.1, 0.15) is 12.1 Å². The molecule has 14 heavy (non-hydrogen) atoms. The van der Waals surface area contributed by atoms with Gasteiger partial charge in [-0.2, -0.15) is 0 Å². The van der Waals surface area contributed by atoms with Crippen molar-refractivity contribution in [2.24, 2.45) is 0 Å². The van der Waals surface area contributed by atoms with Gasteiger partial charge in [0.15, 0.2) is 0 Å². The van der Waals surface area contributed by atoms with Crippen molar-refractivity contribution in [3.8, 4) is 0 Å². The van der Waals surface area contributed by atoms with E-state index in [0.29, 0.717) is 0 Å². The summed E-state index contributed by atoms with van der Waals surface area (Å²) >= 11 is 2.26. The highest BCUT2D eigenvalue weighted by molar-refractivity contribution is 14.1. The largest absolute Gasteiger partial charge is 0.375 e. The SMILES string of the molecule is C[C@H]1CN(c2ncncc2I)CCO1. The van der Waals surface area contributed by atoms with E-state index in [1.165, 1.54) is 0 Å². The van der Waals surface area contributed by atoms with E-state index in [0.717, 1.165) is 29.1 Å². The molecule has 1 aromatic rings. The molecule has 2 rings (SSSR count). The molecular weight excluding hydrogens is 293 g/mol. The molecule has 76 valence electrons. The fourth-order valence-corrected chi connectivity index (χ4v) is 2.19. The second kappa shape index (κ2) is 4.39. The molecule has 4 nitrogen and oxygen atoms in total. The first kappa shape index (κ1) is 10.1. The topological polar surface area (TPSA) is 38.2 Å². The van der Waals surface area contributed by atoms with Crippen LogP contribution in [0.1, 0.15) is 6.92 Å². The molecule has 1 fully saturated rings. The van der Waals surface area contributed by atoms with E-state index >= 15 is 0 Å². The third-order valence-electron chi connectivity index (χ3n) is 2.19. The summed E-state index contributed by atoms with van der Waals surface area (Å²) in [6.45, 7) is 4.69. The Bertz CT molecular complexity index is 321. The molecule has 1 aliphatic rings. The zero-order chi connectivity index (χ0) is 9.97. The van der Waals surface area contributed by atoms with Crippen molar-refractivity contribution in [1.29, 1.82) is 0 Å². The van der Waals surface area contributed by atoms with Crippen molar-refractivity contribution >= 4 is 28.4 Å². The van der Waals surface area contributed by atoms with Gasteiger partial charge in [0, 0.05) is 19.3 Å². The van der Waals surface area contributed by atoms with Crippen LogP contribution in [0.2, 0.25) is 0 Å². The lowest BCUT2D eigenvalue weighted by Crippen LogP contribution is -2.41. The fourth-order valence-electron chi connectivity index (χ4n) is 1.55. The van der Waals surface area contributed by atoms with Crippen molar-refractivity contribution in [2.75, 3.05) is 24.6 Å². The van der Waals surface area contributed by atoms with Crippen LogP contribution in [0.3, 0.4) is 0 Å². The number of hydrogen-bond donors (Lipinski definition) is 0. The average Bonchev–Trinajstić information content (AvgIpc) is 2.18. The number of anilines is 1. The molecule has 1 aromatic heterocycles. The summed E-state index contributed by atoms with van der Waals surface area (Å²) in [6.07, 6.45) is 3.72. The Balaban J connectivity index is 2.18. The molecule has 1 atom stereocenters. The van der Waals surface area contributed by atoms with Crippen molar-refractivity contribution in [2.45, 2.75) is 13.0 Å². The molecule has 0 spiro atoms. The normalized spacial score (nSPS) is 22.4. The van der Waals surface area contributed by atoms with Gasteiger partial charge < -0.3 is 9.64 Å². The second-order valence-electron chi connectivity index (χ2n) is 3.32. The minimum atomic E-state index is 0.287. The molecule has 0 aliphatic carbocycles. The minimum absolute atomic E-state index is 0.287. The zero-order valence-corrected chi connectivity index (χ0v) is 10.1. The molecule has 0 bridgehead atoms. The number of hydrogen-bond acceptors (Lipinski definition) is 4. The summed E-state index contributed by atoms with van der Waals surface area (Å²) in [5.74, 6) is 1.02. The summed E-state index contributed by atoms with van der Waals surface area (Å²) in [6, 6.07) is 0. The summed E-state index contributed by atoms with van der Waals surface area (Å²) < 4.78 is 6.58. The predicted octanol–water partition coefficient (Wildman–Crippen LogP) is 1.31. The Hall–Kier alpha value is -0.430. The first-order valence-electron chi connectivity index (χ1n) is 4.59. The Morgan fingerprint density at radius 2 is 2.50 bits per heavy atom. The van der Waals surface area contributed by atoms with Crippen molar-refractivity contribution in [3.63, 3.8) is 0 Å². The Labute approximate surface area is 96.8 Å². The summed E-state index contributed by atoms with van der Waals surface area (Å²) in [4.78, 5) is 10.5. The van der Waals surface area contributed by atoms with E-state index in [9.17, 15) is 0 Å². The monoisotopic (exact) mass is 305 g/mol. The van der Waals surface area contributed by atoms with Gasteiger partial charge in [0.05, 0.1) is 16.3 Å². The number of halogens is 1. The maximum atomic E-state index is 5.48. The smallest absolute Gasteiger partial charge is 0.145 e. The number of nitrogens with zero attached hydrogens (tertiary/aromatic N) is 3. The lowest BCUT2D eigenvalue weighted by atomic mass is 10.3. The van der Waals surface area contributed by atoms with Crippen LogP contribution in [0.5, 0.6) is 0 Å². The molecule has 2 heterocycles. The third kappa shape index (κ3) is 2.14. The minimum Gasteiger partial charge on any atom is -0.375 e. The van der Waals surface area contributed by atoms with Crippen LogP contribution in [-0.4, -0.2) is 35.8 Å². The van der Waals surface area contributed by atoms with E-state index in [-0.39, 0.29) is 6.10 Å². The van der Waals surface area contributed by atoms with Gasteiger partial charge in [-0.15, -0.1) is 0 Å². The van der Waals surface area contributed by atoms with E-state index in [1.807, 2.05) is 6.20 Å². The maximum absolute atomic E-state index is 5.48. The number of rotatable bonds is 1. The highest BCUT2D eigenvalue weighted by atomic mass is 127. The lowest BCUT2D eigenvalue weighted by Gasteiger charge is -2.32. The van der Waals surface area contributed by atoms with E-state index in [4.69, 9.17) is 4.74 Å². The van der Waals surface area contributed by atoms with Gasteiger partial charge in [0.25, 0.3) is 0 Å². The van der Waals surface area contributed by atoms with Gasteiger partial charge in [-0.05, 0) is 29.5 Å². The van der Waals surface area contributed by atoms with Crippen molar-refractivity contribution < 1.29 is 4.74 Å². The quantitative estimate of drug-likeness (QED) is 0.733. The maximum Gasteiger partial charge on any atom is 0.145 e. The van der Waals surface area contributed by atoms with Crippen molar-refractivity contribution in [3.05, 3.63) is 16.1 Å². The van der Waals surface area contributed by atoms with E-state index < -0.39 is 0 Å².